The number of nitrogens with two attached hydrogens (primary N) is 1. The van der Waals surface area contributed by atoms with Crippen LogP contribution in [0.4, 0.5) is 17.1 Å². The molecule has 192 valence electrons. The summed E-state index contributed by atoms with van der Waals surface area (Å²) < 4.78 is 24.1. The highest BCUT2D eigenvalue weighted by molar-refractivity contribution is 8.00. The molecule has 13 heteroatoms. The van der Waals surface area contributed by atoms with Crippen LogP contribution in [0.2, 0.25) is 0 Å². The molecule has 1 aliphatic heterocycles. The Kier molecular flexibility index (Phi) is 6.61. The predicted molar refractivity (Wildman–Crippen MR) is 141 cm³/mol. The summed E-state index contributed by atoms with van der Waals surface area (Å²) in [4.78, 5) is 22.3. The summed E-state index contributed by atoms with van der Waals surface area (Å²) in [5, 5.41) is 30.9. The molecule has 0 radical (unpaired) electrons. The molecule has 0 amide bonds. The van der Waals surface area contributed by atoms with Gasteiger partial charge in [0.15, 0.2) is 0 Å². The summed E-state index contributed by atoms with van der Waals surface area (Å²) >= 11 is 8.39. The van der Waals surface area contributed by atoms with Gasteiger partial charge in [0.2, 0.25) is 10.0 Å². The number of benzene rings is 3. The van der Waals surface area contributed by atoms with Crippen molar-refractivity contribution in [3.8, 4) is 0 Å². The molecule has 5 rings (SSSR count). The third-order valence-corrected chi connectivity index (χ3v) is 9.94. The van der Waals surface area contributed by atoms with Crippen LogP contribution < -0.4 is 10.5 Å². The first-order chi connectivity index (χ1) is 17.5. The largest absolute Gasteiger partial charge is 0.378 e. The molecule has 0 unspecified atom stereocenters. The van der Waals surface area contributed by atoms with Crippen molar-refractivity contribution in [1.29, 1.82) is 0 Å². The zero-order valence-corrected chi connectivity index (χ0v) is 21.4. The number of halogens is 1. The van der Waals surface area contributed by atoms with Crippen LogP contribution >= 0.6 is 23.4 Å². The highest BCUT2D eigenvalue weighted by atomic mass is 35.5. The van der Waals surface area contributed by atoms with Gasteiger partial charge in [-0.2, -0.15) is 0 Å². The van der Waals surface area contributed by atoms with Crippen molar-refractivity contribution in [3.63, 3.8) is 0 Å². The first kappa shape index (κ1) is 25.5. The zero-order chi connectivity index (χ0) is 26.5. The van der Waals surface area contributed by atoms with Crippen LogP contribution in [-0.4, -0.2) is 28.9 Å². The molecule has 3 aromatic rings. The number of hydrogen-bond donors (Lipinski definition) is 2. The van der Waals surface area contributed by atoms with Gasteiger partial charge in [0.25, 0.3) is 11.4 Å². The SMILES string of the molecule is NS(=O)(=O)c1ccc2c(c1)[C@@H]1[C@H](Cl)[C@H](Sc3ccccc3[N+](=O)[O-])C[C@@H]1[C@@H](c1ccc([N+](=O)[O-])cc1)N2. The minimum absolute atomic E-state index is 0.00630. The van der Waals surface area contributed by atoms with Crippen LogP contribution in [0.25, 0.3) is 0 Å². The number of rotatable bonds is 6. The van der Waals surface area contributed by atoms with Gasteiger partial charge >= 0.3 is 0 Å². The van der Waals surface area contributed by atoms with Crippen molar-refractivity contribution in [2.45, 2.75) is 38.8 Å². The normalized spacial score (nSPS) is 24.5. The molecule has 3 N–H and O–H groups in total. The minimum atomic E-state index is -3.95. The fraction of sp³-hybridized carbons (Fsp3) is 0.250. The maximum atomic E-state index is 12.1. The molecule has 5 atom stereocenters. The first-order valence-corrected chi connectivity index (χ1v) is 14.1. The van der Waals surface area contributed by atoms with Gasteiger partial charge in [-0.15, -0.1) is 23.4 Å². The van der Waals surface area contributed by atoms with Crippen molar-refractivity contribution in [2.24, 2.45) is 11.1 Å². The Hall–Kier alpha value is -3.19. The van der Waals surface area contributed by atoms with Gasteiger partial charge in [0.1, 0.15) is 0 Å². The molecule has 10 nitrogen and oxygen atoms in total. The second-order valence-electron chi connectivity index (χ2n) is 9.02. The molecule has 1 heterocycles. The smallest absolute Gasteiger partial charge is 0.282 e. The highest BCUT2D eigenvalue weighted by Crippen LogP contribution is 2.58. The van der Waals surface area contributed by atoms with E-state index in [9.17, 15) is 28.6 Å². The second-order valence-corrected chi connectivity index (χ2v) is 12.4. The molecular weight excluding hydrogens is 540 g/mol. The van der Waals surface area contributed by atoms with E-state index < -0.39 is 25.2 Å². The number of nitro groups is 2. The minimum Gasteiger partial charge on any atom is -0.378 e. The Morgan fingerprint density at radius 1 is 1.00 bits per heavy atom. The molecule has 0 bridgehead atoms. The lowest BCUT2D eigenvalue weighted by molar-refractivity contribution is -0.387. The summed E-state index contributed by atoms with van der Waals surface area (Å²) in [6, 6.07) is 17.1. The van der Waals surface area contributed by atoms with Crippen molar-refractivity contribution in [2.75, 3.05) is 5.32 Å². The van der Waals surface area contributed by atoms with E-state index in [1.165, 1.54) is 42.1 Å². The molecule has 0 aromatic heterocycles. The summed E-state index contributed by atoms with van der Waals surface area (Å²) in [6.07, 6.45) is 0.573. The van der Waals surface area contributed by atoms with Crippen LogP contribution in [0.5, 0.6) is 0 Å². The fourth-order valence-electron chi connectivity index (χ4n) is 5.28. The van der Waals surface area contributed by atoms with E-state index in [1.54, 1.807) is 36.4 Å². The number of fused-ring (bicyclic) bond motifs is 3. The van der Waals surface area contributed by atoms with Crippen LogP contribution in [-0.2, 0) is 10.0 Å². The number of primary sulfonamides is 1. The van der Waals surface area contributed by atoms with Gasteiger partial charge in [0, 0.05) is 35.1 Å². The average molecular weight is 561 g/mol. The number of nitro benzene ring substituents is 2. The van der Waals surface area contributed by atoms with E-state index in [0.717, 1.165) is 5.56 Å². The topological polar surface area (TPSA) is 158 Å². The van der Waals surface area contributed by atoms with Gasteiger partial charge in [-0.1, -0.05) is 24.3 Å². The molecule has 0 saturated heterocycles. The third kappa shape index (κ3) is 4.77. The lowest BCUT2D eigenvalue weighted by atomic mass is 9.77. The maximum Gasteiger partial charge on any atom is 0.282 e. The molecule has 1 saturated carbocycles. The van der Waals surface area contributed by atoms with Crippen LogP contribution in [0.3, 0.4) is 0 Å². The Labute approximate surface area is 221 Å². The van der Waals surface area contributed by atoms with Gasteiger partial charge in [-0.05, 0) is 47.7 Å². The summed E-state index contributed by atoms with van der Waals surface area (Å²) in [5.74, 6) is -0.410. The van der Waals surface area contributed by atoms with Crippen LogP contribution in [0.15, 0.2) is 76.5 Å². The maximum absolute atomic E-state index is 12.1. The van der Waals surface area contributed by atoms with E-state index in [-0.39, 0.29) is 39.4 Å². The van der Waals surface area contributed by atoms with Gasteiger partial charge in [-0.25, -0.2) is 13.6 Å². The summed E-state index contributed by atoms with van der Waals surface area (Å²) in [7, 11) is -3.95. The standard InChI is InChI=1S/C24H21ClN4O6S2/c25-23-21(36-20-4-2-1-3-19(20)29(32)33)12-17-22(23)16-11-15(37(26,34)35)9-10-18(16)27-24(17)13-5-7-14(8-6-13)28(30)31/h1-11,17,21-24,27H,12H2,(H2,26,34,35)/t17-,21+,22-,23+,24+/m0/s1. The molecule has 1 aliphatic carbocycles. The van der Waals surface area contributed by atoms with Crippen molar-refractivity contribution in [3.05, 3.63) is 98.1 Å². The predicted octanol–water partition coefficient (Wildman–Crippen LogP) is 5.19. The number of nitrogens with zero attached hydrogens (tertiary/aromatic N) is 2. The van der Waals surface area contributed by atoms with Gasteiger partial charge in [-0.3, -0.25) is 20.2 Å². The van der Waals surface area contributed by atoms with E-state index in [1.807, 2.05) is 0 Å². The van der Waals surface area contributed by atoms with Crippen LogP contribution in [0.1, 0.15) is 29.5 Å². The molecular formula is C24H21ClN4O6S2. The second kappa shape index (κ2) is 9.60. The summed E-state index contributed by atoms with van der Waals surface area (Å²) in [5.41, 5.74) is 2.19. The average Bonchev–Trinajstić information content (AvgIpc) is 3.19. The zero-order valence-electron chi connectivity index (χ0n) is 19.1. The molecule has 2 aliphatic rings. The Bertz CT molecular complexity index is 1500. The van der Waals surface area contributed by atoms with Crippen molar-refractivity contribution >= 4 is 50.4 Å². The highest BCUT2D eigenvalue weighted by Gasteiger charge is 2.50. The number of nitrogens with one attached hydrogen (secondary N) is 1. The lowest BCUT2D eigenvalue weighted by Gasteiger charge is -2.38. The number of non-ortho nitro benzene ring substituents is 1. The summed E-state index contributed by atoms with van der Waals surface area (Å²) in [6.45, 7) is 0. The molecule has 1 fully saturated rings. The van der Waals surface area contributed by atoms with Gasteiger partial charge < -0.3 is 5.32 Å². The van der Waals surface area contributed by atoms with Gasteiger partial charge in [0.05, 0.1) is 31.1 Å². The number of para-hydroxylation sites is 1. The monoisotopic (exact) mass is 560 g/mol. The van der Waals surface area contributed by atoms with Crippen molar-refractivity contribution in [1.82, 2.24) is 0 Å². The van der Waals surface area contributed by atoms with E-state index >= 15 is 0 Å². The Morgan fingerprint density at radius 2 is 1.70 bits per heavy atom. The number of anilines is 1. The number of sulfonamides is 1. The number of hydrogen-bond acceptors (Lipinski definition) is 8. The third-order valence-electron chi connectivity index (χ3n) is 6.92. The lowest BCUT2D eigenvalue weighted by Crippen LogP contribution is -2.31. The Balaban J connectivity index is 1.57. The number of thioether (sulfide) groups is 1. The molecule has 3 aromatic carbocycles. The van der Waals surface area contributed by atoms with E-state index in [2.05, 4.69) is 5.32 Å². The first-order valence-electron chi connectivity index (χ1n) is 11.3. The Morgan fingerprint density at radius 3 is 2.35 bits per heavy atom. The molecule has 0 spiro atoms. The van der Waals surface area contributed by atoms with Crippen molar-refractivity contribution < 1.29 is 18.3 Å². The fourth-order valence-corrected chi connectivity index (χ4v) is 7.77. The molecule has 37 heavy (non-hydrogen) atoms. The quantitative estimate of drug-likeness (QED) is 0.237. The van der Waals surface area contributed by atoms with E-state index in [0.29, 0.717) is 22.6 Å². The van der Waals surface area contributed by atoms with E-state index in [4.69, 9.17) is 16.7 Å². The van der Waals surface area contributed by atoms with Crippen LogP contribution in [0, 0.1) is 26.1 Å². The number of alkyl halides is 1.